The smallest absolute Gasteiger partial charge is 0.253 e. The third-order valence-corrected chi connectivity index (χ3v) is 4.99. The van der Waals surface area contributed by atoms with Crippen molar-refractivity contribution < 1.29 is 4.79 Å². The first kappa shape index (κ1) is 23.7. The van der Waals surface area contributed by atoms with Gasteiger partial charge in [0.25, 0.3) is 5.91 Å². The van der Waals surface area contributed by atoms with Gasteiger partial charge in [0.05, 0.1) is 0 Å². The molecule has 3 N–H and O–H groups in total. The number of aromatic amines is 1. The summed E-state index contributed by atoms with van der Waals surface area (Å²) < 4.78 is 0. The van der Waals surface area contributed by atoms with Gasteiger partial charge in [-0.2, -0.15) is 0 Å². The fraction of sp³-hybridized carbons (Fsp3) is 0.304. The van der Waals surface area contributed by atoms with E-state index in [2.05, 4.69) is 51.8 Å². The van der Waals surface area contributed by atoms with Crippen LogP contribution >= 0.6 is 24.0 Å². The molecular weight excluding hydrogens is 489 g/mol. The van der Waals surface area contributed by atoms with Crippen molar-refractivity contribution in [2.24, 2.45) is 4.99 Å². The number of carbonyl (C=O) groups is 1. The molecule has 2 aromatic carbocycles. The summed E-state index contributed by atoms with van der Waals surface area (Å²) in [5.74, 6) is 0.769. The van der Waals surface area contributed by atoms with Gasteiger partial charge in [0.2, 0.25) is 0 Å². The van der Waals surface area contributed by atoms with Gasteiger partial charge in [-0.25, -0.2) is 0 Å². The van der Waals surface area contributed by atoms with Crippen LogP contribution in [-0.4, -0.2) is 49.4 Å². The Balaban J connectivity index is 0.00000320. The summed E-state index contributed by atoms with van der Waals surface area (Å²) in [5, 5.41) is 7.98. The lowest BCUT2D eigenvalue weighted by molar-refractivity contribution is 0.0827. The molecule has 3 aromatic rings. The van der Waals surface area contributed by atoms with Gasteiger partial charge in [-0.3, -0.25) is 9.79 Å². The molecule has 1 aromatic heterocycles. The predicted octanol–water partition coefficient (Wildman–Crippen LogP) is 3.70. The summed E-state index contributed by atoms with van der Waals surface area (Å²) >= 11 is 0. The van der Waals surface area contributed by atoms with Crippen molar-refractivity contribution in [2.75, 3.05) is 27.7 Å². The molecule has 6 nitrogen and oxygen atoms in total. The maximum absolute atomic E-state index is 12.0. The Morgan fingerprint density at radius 2 is 1.77 bits per heavy atom. The van der Waals surface area contributed by atoms with Crippen LogP contribution in [0.15, 0.2) is 53.5 Å². The Morgan fingerprint density at radius 1 is 1.07 bits per heavy atom. The summed E-state index contributed by atoms with van der Waals surface area (Å²) in [6, 6.07) is 16.0. The van der Waals surface area contributed by atoms with Crippen LogP contribution in [0.2, 0.25) is 0 Å². The number of aliphatic imine (C=N–C) groups is 1. The molecule has 7 heteroatoms. The number of benzene rings is 2. The van der Waals surface area contributed by atoms with E-state index in [0.717, 1.165) is 24.5 Å². The normalized spacial score (nSPS) is 11.1. The van der Waals surface area contributed by atoms with Gasteiger partial charge in [0, 0.05) is 56.4 Å². The van der Waals surface area contributed by atoms with Crippen molar-refractivity contribution in [3.8, 4) is 0 Å². The summed E-state index contributed by atoms with van der Waals surface area (Å²) in [6.07, 6.45) is 0.915. The molecule has 0 aliphatic carbocycles. The summed E-state index contributed by atoms with van der Waals surface area (Å²) in [7, 11) is 5.28. The number of aryl methyl sites for hydroxylation is 1. The number of nitrogens with one attached hydrogen (secondary N) is 3. The maximum Gasteiger partial charge on any atom is 0.253 e. The van der Waals surface area contributed by atoms with Crippen LogP contribution in [0.1, 0.15) is 27.2 Å². The van der Waals surface area contributed by atoms with Crippen LogP contribution in [0.25, 0.3) is 10.9 Å². The van der Waals surface area contributed by atoms with Crippen LogP contribution in [-0.2, 0) is 13.0 Å². The van der Waals surface area contributed by atoms with Gasteiger partial charge in [0.15, 0.2) is 5.96 Å². The van der Waals surface area contributed by atoms with E-state index in [1.54, 1.807) is 26.0 Å². The van der Waals surface area contributed by atoms with Gasteiger partial charge in [-0.05, 0) is 42.7 Å². The lowest BCUT2D eigenvalue weighted by Gasteiger charge is -2.13. The van der Waals surface area contributed by atoms with Crippen molar-refractivity contribution in [3.63, 3.8) is 0 Å². The summed E-state index contributed by atoms with van der Waals surface area (Å²) in [6.45, 7) is 3.55. The standard InChI is InChI=1S/C23H29N5O.HI/c1-16-19(20-7-5-6-8-21(20)27-16)13-14-25-23(24-2)26-15-17-9-11-18(12-10-17)22(29)28(3)4;/h5-12,27H,13-15H2,1-4H3,(H2,24,25,26);1H. The third-order valence-electron chi connectivity index (χ3n) is 4.99. The average molecular weight is 519 g/mol. The minimum Gasteiger partial charge on any atom is -0.358 e. The molecule has 0 aliphatic rings. The molecule has 3 rings (SSSR count). The number of amides is 1. The second kappa shape index (κ2) is 11.0. The van der Waals surface area contributed by atoms with E-state index in [4.69, 9.17) is 0 Å². The molecule has 30 heavy (non-hydrogen) atoms. The number of para-hydroxylation sites is 1. The number of nitrogens with zero attached hydrogens (tertiary/aromatic N) is 2. The highest BCUT2D eigenvalue weighted by Crippen LogP contribution is 2.21. The first-order valence-electron chi connectivity index (χ1n) is 9.81. The highest BCUT2D eigenvalue weighted by Gasteiger charge is 2.09. The Morgan fingerprint density at radius 3 is 2.43 bits per heavy atom. The van der Waals surface area contributed by atoms with Gasteiger partial charge in [-0.1, -0.05) is 30.3 Å². The Labute approximate surface area is 195 Å². The molecule has 0 radical (unpaired) electrons. The van der Waals surface area contributed by atoms with Gasteiger partial charge in [0.1, 0.15) is 0 Å². The van der Waals surface area contributed by atoms with Crippen molar-refractivity contribution >= 4 is 46.7 Å². The molecule has 0 saturated carbocycles. The van der Waals surface area contributed by atoms with Gasteiger partial charge < -0.3 is 20.5 Å². The fourth-order valence-electron chi connectivity index (χ4n) is 3.39. The van der Waals surface area contributed by atoms with E-state index >= 15 is 0 Å². The highest BCUT2D eigenvalue weighted by atomic mass is 127. The number of hydrogen-bond donors (Lipinski definition) is 3. The zero-order valence-corrected chi connectivity index (χ0v) is 20.3. The highest BCUT2D eigenvalue weighted by molar-refractivity contribution is 14.0. The zero-order chi connectivity index (χ0) is 20.8. The molecule has 0 unspecified atom stereocenters. The molecule has 160 valence electrons. The van der Waals surface area contributed by atoms with Crippen LogP contribution in [0.5, 0.6) is 0 Å². The Hall–Kier alpha value is -2.55. The number of fused-ring (bicyclic) bond motifs is 1. The molecular formula is C23H30IN5O. The molecule has 0 aliphatic heterocycles. The molecule has 0 spiro atoms. The summed E-state index contributed by atoms with van der Waals surface area (Å²) in [4.78, 5) is 21.3. The minimum atomic E-state index is 0. The summed E-state index contributed by atoms with van der Waals surface area (Å²) in [5.41, 5.74) is 5.51. The number of halogens is 1. The van der Waals surface area contributed by atoms with E-state index in [1.165, 1.54) is 22.2 Å². The number of rotatable bonds is 6. The third kappa shape index (κ3) is 5.75. The Kier molecular flexibility index (Phi) is 8.71. The second-order valence-electron chi connectivity index (χ2n) is 7.27. The fourth-order valence-corrected chi connectivity index (χ4v) is 3.39. The van der Waals surface area contributed by atoms with Crippen LogP contribution < -0.4 is 10.6 Å². The number of carbonyl (C=O) groups excluding carboxylic acids is 1. The quantitative estimate of drug-likeness (QED) is 0.264. The van der Waals surface area contributed by atoms with E-state index in [1.807, 2.05) is 24.3 Å². The largest absolute Gasteiger partial charge is 0.358 e. The monoisotopic (exact) mass is 519 g/mol. The molecule has 0 atom stereocenters. The number of aromatic nitrogens is 1. The van der Waals surface area contributed by atoms with E-state index < -0.39 is 0 Å². The first-order valence-corrected chi connectivity index (χ1v) is 9.81. The van der Waals surface area contributed by atoms with Crippen molar-refractivity contribution in [3.05, 3.63) is 70.9 Å². The maximum atomic E-state index is 12.0. The van der Waals surface area contributed by atoms with Crippen molar-refractivity contribution in [1.82, 2.24) is 20.5 Å². The topological polar surface area (TPSA) is 72.5 Å². The number of guanidine groups is 1. The van der Waals surface area contributed by atoms with E-state index in [9.17, 15) is 4.79 Å². The van der Waals surface area contributed by atoms with Crippen LogP contribution in [0, 0.1) is 6.92 Å². The molecule has 0 fully saturated rings. The lowest BCUT2D eigenvalue weighted by atomic mass is 10.1. The van der Waals surface area contributed by atoms with Crippen molar-refractivity contribution in [1.29, 1.82) is 0 Å². The average Bonchev–Trinajstić information content (AvgIpc) is 3.05. The molecule has 0 saturated heterocycles. The number of H-pyrrole nitrogens is 1. The van der Waals surface area contributed by atoms with Crippen LogP contribution in [0.3, 0.4) is 0 Å². The van der Waals surface area contributed by atoms with Gasteiger partial charge >= 0.3 is 0 Å². The Bertz CT molecular complexity index is 1010. The van der Waals surface area contributed by atoms with E-state index in [0.29, 0.717) is 12.1 Å². The minimum absolute atomic E-state index is 0. The molecule has 1 amide bonds. The van der Waals surface area contributed by atoms with Crippen molar-refractivity contribution in [2.45, 2.75) is 19.9 Å². The van der Waals surface area contributed by atoms with Gasteiger partial charge in [-0.15, -0.1) is 24.0 Å². The second-order valence-corrected chi connectivity index (χ2v) is 7.27. The number of hydrogen-bond acceptors (Lipinski definition) is 2. The predicted molar refractivity (Wildman–Crippen MR) is 135 cm³/mol. The zero-order valence-electron chi connectivity index (χ0n) is 18.0. The van der Waals surface area contributed by atoms with Crippen LogP contribution in [0.4, 0.5) is 0 Å². The molecule has 1 heterocycles. The molecule has 0 bridgehead atoms. The lowest BCUT2D eigenvalue weighted by Crippen LogP contribution is -2.37. The first-order chi connectivity index (χ1) is 14.0. The SMILES string of the molecule is CN=C(NCCc1c(C)[nH]c2ccccc12)NCc1ccc(C(=O)N(C)C)cc1.I. The van der Waals surface area contributed by atoms with E-state index in [-0.39, 0.29) is 29.9 Å².